The van der Waals surface area contributed by atoms with Gasteiger partial charge in [-0.15, -0.1) is 0 Å². The molecule has 5 nitrogen and oxygen atoms in total. The fourth-order valence-corrected chi connectivity index (χ4v) is 1.74. The fourth-order valence-electron chi connectivity index (χ4n) is 1.74. The van der Waals surface area contributed by atoms with Crippen LogP contribution in [0, 0.1) is 0 Å². The first-order chi connectivity index (χ1) is 11.6. The van der Waals surface area contributed by atoms with Gasteiger partial charge in [0.25, 0.3) is 0 Å². The molecule has 2 rings (SSSR count). The first-order valence-electron chi connectivity index (χ1n) is 9.07. The minimum atomic E-state index is -3.05. The van der Waals surface area contributed by atoms with Crippen LogP contribution in [0.15, 0.2) is 18.1 Å². The molecule has 1 aromatic carbocycles. The predicted octanol–water partition coefficient (Wildman–Crippen LogP) is 1.35. The van der Waals surface area contributed by atoms with E-state index in [0.29, 0.717) is 0 Å². The largest absolute Gasteiger partial charge is 0.494 e. The number of benzene rings is 1. The number of carbonyl (C=O) groups is 1. The fraction of sp³-hybridized carbons (Fsp3) is 0.500. The van der Waals surface area contributed by atoms with Gasteiger partial charge in [-0.05, 0) is 51.3 Å². The van der Waals surface area contributed by atoms with Crippen LogP contribution in [0.2, 0.25) is 0 Å². The molecule has 1 aromatic rings. The number of hydrogen-bond acceptors (Lipinski definition) is 5. The van der Waals surface area contributed by atoms with Gasteiger partial charge in [0, 0.05) is 5.69 Å². The Morgan fingerprint density at radius 2 is 1.90 bits per heavy atom. The average molecular weight is 283 g/mol. The quantitative estimate of drug-likeness (QED) is 0.504. The van der Waals surface area contributed by atoms with Gasteiger partial charge < -0.3 is 19.8 Å². The van der Waals surface area contributed by atoms with Crippen LogP contribution in [0.25, 0.3) is 0 Å². The van der Waals surface area contributed by atoms with Crippen LogP contribution in [-0.4, -0.2) is 31.3 Å². The van der Waals surface area contributed by atoms with E-state index in [9.17, 15) is 4.79 Å². The number of esters is 1. The van der Waals surface area contributed by atoms with Crippen LogP contribution >= 0.6 is 0 Å². The first-order valence-corrected chi connectivity index (χ1v) is 6.07. The Morgan fingerprint density at radius 3 is 2.45 bits per heavy atom. The second-order valence-corrected chi connectivity index (χ2v) is 5.56. The summed E-state index contributed by atoms with van der Waals surface area (Å²) in [5, 5.41) is 0. The van der Waals surface area contributed by atoms with Crippen molar-refractivity contribution >= 4 is 24.2 Å². The monoisotopic (exact) mass is 283 g/mol. The van der Waals surface area contributed by atoms with Gasteiger partial charge in [0.15, 0.2) is 0 Å². The highest BCUT2D eigenvalue weighted by Gasteiger charge is 2.51. The van der Waals surface area contributed by atoms with Crippen molar-refractivity contribution < 1.29 is 27.1 Å². The summed E-state index contributed by atoms with van der Waals surface area (Å²) in [4.78, 5) is 12.2. The molecule has 0 spiro atoms. The minimum absolute atomic E-state index is 0.158. The molecule has 2 N–H and O–H groups in total. The van der Waals surface area contributed by atoms with Crippen LogP contribution in [0.1, 0.15) is 46.3 Å². The Balaban J connectivity index is 2.61. The van der Waals surface area contributed by atoms with Crippen LogP contribution in [-0.2, 0) is 14.0 Å². The van der Waals surface area contributed by atoms with Gasteiger partial charge in [0.1, 0.15) is 0 Å². The number of anilines is 1. The Bertz CT molecular complexity index is 749. The smallest absolute Gasteiger partial charge is 0.465 e. The molecule has 1 aliphatic rings. The summed E-state index contributed by atoms with van der Waals surface area (Å²) in [7, 11) is -4.23. The molecule has 0 amide bonds. The zero-order valence-electron chi connectivity index (χ0n) is 17.8. The van der Waals surface area contributed by atoms with Crippen LogP contribution < -0.4 is 11.2 Å². The Labute approximate surface area is 128 Å². The zero-order valence-corrected chi connectivity index (χ0v) is 11.8. The highest BCUT2D eigenvalue weighted by Crippen LogP contribution is 2.36. The number of nitrogen functional groups attached to an aromatic ring is 1. The first kappa shape index (κ1) is 8.69. The molecule has 0 radical (unpaired) electrons. The summed E-state index contributed by atoms with van der Waals surface area (Å²) in [5.41, 5.74) is 2.98. The molecule has 1 heterocycles. The van der Waals surface area contributed by atoms with Crippen molar-refractivity contribution in [2.24, 2.45) is 0 Å². The number of methoxy groups -OCH3 is 1. The summed E-state index contributed by atoms with van der Waals surface area (Å²) >= 11 is 0. The molecule has 0 aromatic heterocycles. The van der Waals surface area contributed by atoms with Gasteiger partial charge in [0.05, 0.1) is 32.0 Å². The summed E-state index contributed by atoms with van der Waals surface area (Å²) < 4.78 is 61.3. The SMILES string of the molecule is [2H]c1c(N)c([2H])c(C(=O)OC([2H])([2H])[2H])c([2H])c1B1OC(C)(C)C(C)(C)O1. The van der Waals surface area contributed by atoms with Gasteiger partial charge in [-0.1, -0.05) is 0 Å². The Kier molecular flexibility index (Phi) is 2.08. The third-order valence-electron chi connectivity index (χ3n) is 3.57. The lowest BCUT2D eigenvalue weighted by Crippen LogP contribution is -2.41. The molecular weight excluding hydrogens is 257 g/mol. The van der Waals surface area contributed by atoms with E-state index in [4.69, 9.17) is 23.3 Å². The maximum Gasteiger partial charge on any atom is 0.494 e. The standard InChI is InChI=1S/C14H20BNO4/c1-13(2)14(3,4)20-15(19-13)10-6-9(12(17)18-5)7-11(16)8-10/h6-8H,16H2,1-5H3/i5D3,6D,7D,8D. The van der Waals surface area contributed by atoms with Gasteiger partial charge in [-0.3, -0.25) is 0 Å². The highest BCUT2D eigenvalue weighted by molar-refractivity contribution is 6.62. The molecule has 1 aliphatic heterocycles. The lowest BCUT2D eigenvalue weighted by molar-refractivity contribution is 0.00578. The molecule has 20 heavy (non-hydrogen) atoms. The van der Waals surface area contributed by atoms with E-state index in [1.54, 1.807) is 27.7 Å². The van der Waals surface area contributed by atoms with Crippen molar-refractivity contribution in [2.45, 2.75) is 38.9 Å². The second kappa shape index (κ2) is 4.79. The van der Waals surface area contributed by atoms with E-state index in [1.807, 2.05) is 0 Å². The Hall–Kier alpha value is -1.53. The molecule has 6 heteroatoms. The van der Waals surface area contributed by atoms with Crippen molar-refractivity contribution in [3.05, 3.63) is 23.7 Å². The molecule has 0 atom stereocenters. The zero-order chi connectivity index (χ0) is 20.2. The number of rotatable bonds is 2. The lowest BCUT2D eigenvalue weighted by Gasteiger charge is -2.32. The van der Waals surface area contributed by atoms with Gasteiger partial charge in [-0.25, -0.2) is 4.79 Å². The maximum absolute atomic E-state index is 12.2. The predicted molar refractivity (Wildman–Crippen MR) is 77.9 cm³/mol. The van der Waals surface area contributed by atoms with Crippen molar-refractivity contribution in [2.75, 3.05) is 12.8 Å². The third kappa shape index (κ3) is 2.53. The topological polar surface area (TPSA) is 70.8 Å². The average Bonchev–Trinajstić information content (AvgIpc) is 2.62. The van der Waals surface area contributed by atoms with Crippen molar-refractivity contribution in [1.82, 2.24) is 0 Å². The van der Waals surface area contributed by atoms with Crippen LogP contribution in [0.3, 0.4) is 0 Å². The van der Waals surface area contributed by atoms with E-state index < -0.39 is 54.7 Å². The van der Waals surface area contributed by atoms with Gasteiger partial charge in [-0.2, -0.15) is 0 Å². The molecule has 1 saturated heterocycles. The van der Waals surface area contributed by atoms with Crippen LogP contribution in [0.5, 0.6) is 0 Å². The highest BCUT2D eigenvalue weighted by atomic mass is 16.7. The number of ether oxygens (including phenoxy) is 1. The number of hydrogen-bond donors (Lipinski definition) is 1. The lowest BCUT2D eigenvalue weighted by atomic mass is 9.78. The van der Waals surface area contributed by atoms with Gasteiger partial charge in [0.2, 0.25) is 0 Å². The van der Waals surface area contributed by atoms with E-state index in [1.165, 1.54) is 0 Å². The van der Waals surface area contributed by atoms with E-state index in [-0.39, 0.29) is 11.5 Å². The van der Waals surface area contributed by atoms with E-state index >= 15 is 0 Å². The molecule has 0 saturated carbocycles. The normalized spacial score (nSPS) is 24.9. The number of nitrogens with two attached hydrogens (primary N) is 1. The second-order valence-electron chi connectivity index (χ2n) is 5.56. The minimum Gasteiger partial charge on any atom is -0.465 e. The number of carbonyl (C=O) groups excluding carboxylic acids is 1. The van der Waals surface area contributed by atoms with E-state index in [0.717, 1.165) is 0 Å². The summed E-state index contributed by atoms with van der Waals surface area (Å²) in [6, 6.07) is -1.61. The summed E-state index contributed by atoms with van der Waals surface area (Å²) in [6.45, 7) is 7.08. The molecule has 108 valence electrons. The third-order valence-corrected chi connectivity index (χ3v) is 3.57. The molecule has 0 aliphatic carbocycles. The van der Waals surface area contributed by atoms with Crippen molar-refractivity contribution in [1.29, 1.82) is 0 Å². The van der Waals surface area contributed by atoms with Crippen molar-refractivity contribution in [3.63, 3.8) is 0 Å². The Morgan fingerprint density at radius 1 is 1.30 bits per heavy atom. The molecular formula is C14H20BNO4. The van der Waals surface area contributed by atoms with E-state index in [2.05, 4.69) is 4.74 Å². The van der Waals surface area contributed by atoms with Crippen LogP contribution in [0.4, 0.5) is 5.69 Å². The maximum atomic E-state index is 12.2. The summed E-state index contributed by atoms with van der Waals surface area (Å²) in [6.07, 6.45) is 0. The molecule has 0 unspecified atom stereocenters. The summed E-state index contributed by atoms with van der Waals surface area (Å²) in [5.74, 6) is -1.40. The molecule has 1 fully saturated rings. The molecule has 0 bridgehead atoms. The van der Waals surface area contributed by atoms with Crippen molar-refractivity contribution in [3.8, 4) is 0 Å². The van der Waals surface area contributed by atoms with Gasteiger partial charge >= 0.3 is 13.1 Å².